The lowest BCUT2D eigenvalue weighted by Gasteiger charge is -2.27. The van der Waals surface area contributed by atoms with E-state index in [1.54, 1.807) is 0 Å². The van der Waals surface area contributed by atoms with E-state index in [4.69, 9.17) is 0 Å². The second-order valence-electron chi connectivity index (χ2n) is 5.44. The number of aliphatic hydroxyl groups is 1. The second-order valence-corrected chi connectivity index (χ2v) is 5.44. The second kappa shape index (κ2) is 5.72. The first kappa shape index (κ1) is 14.0. The summed E-state index contributed by atoms with van der Waals surface area (Å²) in [6.45, 7) is 7.43. The Morgan fingerprint density at radius 2 is 2.00 bits per heavy atom. The molecule has 0 saturated carbocycles. The Hall–Kier alpha value is -1.39. The fourth-order valence-electron chi connectivity index (χ4n) is 2.66. The van der Waals surface area contributed by atoms with Crippen molar-refractivity contribution in [2.75, 3.05) is 24.6 Å². The van der Waals surface area contributed by atoms with Crippen LogP contribution in [-0.2, 0) is 4.79 Å². The number of carbonyl (C=O) groups excluding carboxylic acids is 1. The monoisotopic (exact) mass is 262 g/mol. The maximum absolute atomic E-state index is 12.5. The summed E-state index contributed by atoms with van der Waals surface area (Å²) in [6.07, 6.45) is 0. The van der Waals surface area contributed by atoms with Gasteiger partial charge in [0.2, 0.25) is 5.91 Å². The van der Waals surface area contributed by atoms with Gasteiger partial charge in [-0.15, -0.1) is 0 Å². The molecule has 1 aliphatic rings. The van der Waals surface area contributed by atoms with Gasteiger partial charge in [-0.1, -0.05) is 25.1 Å². The lowest BCUT2D eigenvalue weighted by molar-refractivity contribution is -0.121. The van der Waals surface area contributed by atoms with Crippen LogP contribution in [0, 0.1) is 19.8 Å². The molecule has 1 aliphatic heterocycles. The van der Waals surface area contributed by atoms with Gasteiger partial charge < -0.3 is 15.3 Å². The maximum Gasteiger partial charge on any atom is 0.246 e. The average Bonchev–Trinajstić information content (AvgIpc) is 2.50. The van der Waals surface area contributed by atoms with E-state index in [9.17, 15) is 9.90 Å². The molecule has 0 radical (unpaired) electrons. The van der Waals surface area contributed by atoms with E-state index >= 15 is 0 Å². The third-order valence-corrected chi connectivity index (χ3v) is 3.66. The minimum absolute atomic E-state index is 0.0377. The van der Waals surface area contributed by atoms with Crippen molar-refractivity contribution in [2.24, 2.45) is 5.92 Å². The van der Waals surface area contributed by atoms with E-state index in [2.05, 4.69) is 12.2 Å². The highest BCUT2D eigenvalue weighted by Crippen LogP contribution is 2.27. The first-order valence-corrected chi connectivity index (χ1v) is 6.76. The van der Waals surface area contributed by atoms with Crippen LogP contribution in [0.25, 0.3) is 0 Å². The van der Waals surface area contributed by atoms with E-state index in [0.717, 1.165) is 23.4 Å². The van der Waals surface area contributed by atoms with Crippen molar-refractivity contribution in [1.82, 2.24) is 5.32 Å². The van der Waals surface area contributed by atoms with Crippen molar-refractivity contribution >= 4 is 11.6 Å². The molecule has 2 atom stereocenters. The molecule has 2 N–H and O–H groups in total. The quantitative estimate of drug-likeness (QED) is 0.843. The number of hydrogen-bond donors (Lipinski definition) is 2. The van der Waals surface area contributed by atoms with Crippen LogP contribution in [0.2, 0.25) is 0 Å². The van der Waals surface area contributed by atoms with Crippen LogP contribution < -0.4 is 10.2 Å². The number of hydrogen-bond acceptors (Lipinski definition) is 3. The van der Waals surface area contributed by atoms with Gasteiger partial charge >= 0.3 is 0 Å². The number of benzene rings is 1. The number of aliphatic hydroxyl groups excluding tert-OH is 1. The van der Waals surface area contributed by atoms with Crippen LogP contribution in [-0.4, -0.2) is 36.8 Å². The predicted molar refractivity (Wildman–Crippen MR) is 76.3 cm³/mol. The number of nitrogens with one attached hydrogen (secondary N) is 1. The van der Waals surface area contributed by atoms with E-state index in [0.29, 0.717) is 12.5 Å². The Kier molecular flexibility index (Phi) is 4.22. The highest BCUT2D eigenvalue weighted by atomic mass is 16.3. The summed E-state index contributed by atoms with van der Waals surface area (Å²) in [5, 5.41) is 12.5. The maximum atomic E-state index is 12.5. The van der Waals surface area contributed by atoms with E-state index in [1.165, 1.54) is 0 Å². The van der Waals surface area contributed by atoms with Gasteiger partial charge in [-0.25, -0.2) is 0 Å². The molecule has 0 aliphatic carbocycles. The highest BCUT2D eigenvalue weighted by molar-refractivity contribution is 5.98. The summed E-state index contributed by atoms with van der Waals surface area (Å²) in [7, 11) is 0. The number of carbonyl (C=O) groups is 1. The van der Waals surface area contributed by atoms with Crippen molar-refractivity contribution in [3.63, 3.8) is 0 Å². The van der Waals surface area contributed by atoms with Crippen LogP contribution in [0.3, 0.4) is 0 Å². The van der Waals surface area contributed by atoms with Crippen molar-refractivity contribution in [3.8, 4) is 0 Å². The zero-order valence-electron chi connectivity index (χ0n) is 11.8. The minimum atomic E-state index is -0.496. The van der Waals surface area contributed by atoms with Crippen LogP contribution >= 0.6 is 0 Å². The summed E-state index contributed by atoms with van der Waals surface area (Å²) in [6, 6.07) is 5.55. The van der Waals surface area contributed by atoms with Crippen molar-refractivity contribution in [1.29, 1.82) is 0 Å². The van der Waals surface area contributed by atoms with Gasteiger partial charge in [-0.2, -0.15) is 0 Å². The zero-order chi connectivity index (χ0) is 14.0. The normalized spacial score (nSPS) is 24.4. The van der Waals surface area contributed by atoms with Crippen molar-refractivity contribution in [2.45, 2.75) is 26.8 Å². The van der Waals surface area contributed by atoms with Crippen LogP contribution in [0.5, 0.6) is 0 Å². The molecule has 104 valence electrons. The molecule has 19 heavy (non-hydrogen) atoms. The van der Waals surface area contributed by atoms with Crippen molar-refractivity contribution in [3.05, 3.63) is 29.3 Å². The van der Waals surface area contributed by atoms with Crippen LogP contribution in [0.15, 0.2) is 18.2 Å². The van der Waals surface area contributed by atoms with Gasteiger partial charge in [0, 0.05) is 18.8 Å². The summed E-state index contributed by atoms with van der Waals surface area (Å²) in [5.41, 5.74) is 3.18. The number of aryl methyl sites for hydroxylation is 2. The molecule has 2 rings (SSSR count). The predicted octanol–water partition coefficient (Wildman–Crippen LogP) is 1.24. The molecule has 4 heteroatoms. The fourth-order valence-corrected chi connectivity index (χ4v) is 2.66. The first-order chi connectivity index (χ1) is 9.04. The highest BCUT2D eigenvalue weighted by Gasteiger charge is 2.30. The molecular weight excluding hydrogens is 240 g/mol. The smallest absolute Gasteiger partial charge is 0.246 e. The van der Waals surface area contributed by atoms with Crippen LogP contribution in [0.1, 0.15) is 18.1 Å². The lowest BCUT2D eigenvalue weighted by Crippen LogP contribution is -2.46. The molecule has 1 saturated heterocycles. The Labute approximate surface area is 114 Å². The number of nitrogens with zero attached hydrogens (tertiary/aromatic N) is 1. The topological polar surface area (TPSA) is 52.6 Å². The number of rotatable bonds is 2. The Morgan fingerprint density at radius 3 is 2.58 bits per heavy atom. The summed E-state index contributed by atoms with van der Waals surface area (Å²) >= 11 is 0. The zero-order valence-corrected chi connectivity index (χ0v) is 11.8. The van der Waals surface area contributed by atoms with Gasteiger partial charge in [0.1, 0.15) is 6.04 Å². The van der Waals surface area contributed by atoms with Crippen LogP contribution in [0.4, 0.5) is 5.69 Å². The van der Waals surface area contributed by atoms with Gasteiger partial charge in [0.25, 0.3) is 0 Å². The standard InChI is InChI=1S/C15H22N2O2/c1-10-7-16-13(9-18)15(19)17(8-10)14-11(2)5-4-6-12(14)3/h4-6,10,13,16,18H,7-9H2,1-3H3. The van der Waals surface area contributed by atoms with E-state index < -0.39 is 6.04 Å². The first-order valence-electron chi connectivity index (χ1n) is 6.76. The van der Waals surface area contributed by atoms with Crippen molar-refractivity contribution < 1.29 is 9.90 Å². The summed E-state index contributed by atoms with van der Waals surface area (Å²) < 4.78 is 0. The average molecular weight is 262 g/mol. The summed E-state index contributed by atoms with van der Waals surface area (Å²) in [5.74, 6) is 0.323. The third kappa shape index (κ3) is 2.80. The largest absolute Gasteiger partial charge is 0.394 e. The molecule has 0 spiro atoms. The molecule has 2 unspecified atom stereocenters. The molecule has 1 heterocycles. The Bertz CT molecular complexity index is 453. The third-order valence-electron chi connectivity index (χ3n) is 3.66. The Morgan fingerprint density at radius 1 is 1.37 bits per heavy atom. The summed E-state index contributed by atoms with van der Waals surface area (Å²) in [4.78, 5) is 14.4. The minimum Gasteiger partial charge on any atom is -0.394 e. The van der Waals surface area contributed by atoms with E-state index in [-0.39, 0.29) is 12.5 Å². The lowest BCUT2D eigenvalue weighted by atomic mass is 10.1. The molecule has 1 amide bonds. The molecule has 4 nitrogen and oxygen atoms in total. The van der Waals surface area contributed by atoms with Gasteiger partial charge in [-0.05, 0) is 30.9 Å². The molecule has 1 fully saturated rings. The fraction of sp³-hybridized carbons (Fsp3) is 0.533. The molecule has 1 aromatic rings. The molecular formula is C15H22N2O2. The number of para-hydroxylation sites is 1. The van der Waals surface area contributed by atoms with E-state index in [1.807, 2.05) is 36.9 Å². The van der Waals surface area contributed by atoms with Gasteiger partial charge in [0.05, 0.1) is 6.61 Å². The molecule has 0 aromatic heterocycles. The SMILES string of the molecule is Cc1cccc(C)c1N1CC(C)CNC(CO)C1=O. The number of amides is 1. The number of anilines is 1. The molecule has 1 aromatic carbocycles. The Balaban J connectivity index is 2.42. The van der Waals surface area contributed by atoms with Gasteiger partial charge in [-0.3, -0.25) is 4.79 Å². The molecule has 0 bridgehead atoms. The van der Waals surface area contributed by atoms with Gasteiger partial charge in [0.15, 0.2) is 0 Å².